The van der Waals surface area contributed by atoms with Gasteiger partial charge in [0.25, 0.3) is 0 Å². The van der Waals surface area contributed by atoms with Crippen molar-refractivity contribution < 1.29 is 9.15 Å². The summed E-state index contributed by atoms with van der Waals surface area (Å²) in [4.78, 5) is 0. The molecule has 0 unspecified atom stereocenters. The van der Waals surface area contributed by atoms with Gasteiger partial charge >= 0.3 is 0 Å². The molecule has 1 aromatic heterocycles. The number of ether oxygens (including phenoxy) is 1. The number of benzene rings is 1. The molecule has 2 aromatic rings. The Hall–Kier alpha value is -1.01. The fraction of sp³-hybridized carbons (Fsp3) is 0.286. The first-order valence-corrected chi connectivity index (χ1v) is 6.88. The van der Waals surface area contributed by atoms with Gasteiger partial charge in [-0.05, 0) is 59.3 Å². The molecular weight excluding hydrogens is 341 g/mol. The Morgan fingerprint density at radius 3 is 2.83 bits per heavy atom. The number of hydrogen-bond acceptors (Lipinski definition) is 3. The maximum atomic E-state index is 5.51. The maximum Gasteiger partial charge on any atom is 0.164 e. The minimum absolute atomic E-state index is 0.253. The minimum atomic E-state index is 0.253. The van der Waals surface area contributed by atoms with Crippen molar-refractivity contribution in [1.29, 1.82) is 0 Å². The number of methoxy groups -OCH3 is 1. The van der Waals surface area contributed by atoms with Gasteiger partial charge in [0.2, 0.25) is 0 Å². The van der Waals surface area contributed by atoms with Crippen molar-refractivity contribution >= 4 is 22.6 Å². The molecule has 0 saturated heterocycles. The zero-order valence-corrected chi connectivity index (χ0v) is 12.6. The topological polar surface area (TPSA) is 34.4 Å². The summed E-state index contributed by atoms with van der Waals surface area (Å²) in [6, 6.07) is 12.3. The lowest BCUT2D eigenvalue weighted by molar-refractivity contribution is 0.412. The lowest BCUT2D eigenvalue weighted by Gasteiger charge is -2.14. The third kappa shape index (κ3) is 3.49. The molecule has 0 aliphatic heterocycles. The molecule has 2 rings (SSSR count). The maximum absolute atomic E-state index is 5.51. The van der Waals surface area contributed by atoms with E-state index in [0.717, 1.165) is 21.8 Å². The molecule has 0 amide bonds. The fourth-order valence-electron chi connectivity index (χ4n) is 1.73. The number of hydrogen-bond donors (Lipinski definition) is 1. The van der Waals surface area contributed by atoms with Gasteiger partial charge in [0.1, 0.15) is 11.5 Å². The van der Waals surface area contributed by atoms with Crippen LogP contribution in [0.1, 0.15) is 24.3 Å². The van der Waals surface area contributed by atoms with E-state index >= 15 is 0 Å². The molecule has 18 heavy (non-hydrogen) atoms. The first-order chi connectivity index (χ1) is 8.69. The second kappa shape index (κ2) is 6.24. The van der Waals surface area contributed by atoms with Crippen LogP contribution in [-0.2, 0) is 6.54 Å². The lowest BCUT2D eigenvalue weighted by Crippen LogP contribution is -2.17. The van der Waals surface area contributed by atoms with Crippen LogP contribution in [0, 0.1) is 3.77 Å². The molecule has 0 radical (unpaired) electrons. The van der Waals surface area contributed by atoms with Crippen LogP contribution in [0.3, 0.4) is 0 Å². The van der Waals surface area contributed by atoms with Crippen LogP contribution < -0.4 is 10.1 Å². The highest BCUT2D eigenvalue weighted by Gasteiger charge is 2.07. The average Bonchev–Trinajstić information content (AvgIpc) is 2.82. The van der Waals surface area contributed by atoms with Crippen LogP contribution in [0.25, 0.3) is 0 Å². The van der Waals surface area contributed by atoms with E-state index in [2.05, 4.69) is 40.9 Å². The Bertz CT molecular complexity index is 510. The van der Waals surface area contributed by atoms with Crippen LogP contribution in [0.4, 0.5) is 0 Å². The van der Waals surface area contributed by atoms with Crippen LogP contribution in [0.5, 0.6) is 5.75 Å². The van der Waals surface area contributed by atoms with E-state index in [1.807, 2.05) is 30.3 Å². The third-order valence-electron chi connectivity index (χ3n) is 2.81. The summed E-state index contributed by atoms with van der Waals surface area (Å²) < 4.78 is 11.7. The first-order valence-electron chi connectivity index (χ1n) is 5.80. The molecule has 1 N–H and O–H groups in total. The Morgan fingerprint density at radius 2 is 2.17 bits per heavy atom. The molecule has 1 atom stereocenters. The van der Waals surface area contributed by atoms with E-state index in [9.17, 15) is 0 Å². The Morgan fingerprint density at radius 1 is 1.33 bits per heavy atom. The summed E-state index contributed by atoms with van der Waals surface area (Å²) in [5.41, 5.74) is 1.20. The van der Waals surface area contributed by atoms with Gasteiger partial charge in [0, 0.05) is 6.04 Å². The highest BCUT2D eigenvalue weighted by atomic mass is 127. The predicted octanol–water partition coefficient (Wildman–Crippen LogP) is 3.74. The molecule has 1 aromatic carbocycles. The van der Waals surface area contributed by atoms with E-state index in [4.69, 9.17) is 9.15 Å². The highest BCUT2D eigenvalue weighted by Crippen LogP contribution is 2.19. The largest absolute Gasteiger partial charge is 0.497 e. The van der Waals surface area contributed by atoms with Gasteiger partial charge < -0.3 is 14.5 Å². The van der Waals surface area contributed by atoms with Crippen LogP contribution in [0.2, 0.25) is 0 Å². The molecule has 4 heteroatoms. The SMILES string of the molecule is COc1cccc([C@@H](C)NCc2ccc(I)o2)c1. The van der Waals surface area contributed by atoms with Gasteiger partial charge in [0.05, 0.1) is 13.7 Å². The summed E-state index contributed by atoms with van der Waals surface area (Å²) in [5, 5.41) is 3.43. The number of halogens is 1. The lowest BCUT2D eigenvalue weighted by atomic mass is 10.1. The smallest absolute Gasteiger partial charge is 0.164 e. The zero-order valence-electron chi connectivity index (χ0n) is 10.4. The molecule has 3 nitrogen and oxygen atoms in total. The average molecular weight is 357 g/mol. The van der Waals surface area contributed by atoms with E-state index < -0.39 is 0 Å². The van der Waals surface area contributed by atoms with Crippen molar-refractivity contribution in [2.75, 3.05) is 7.11 Å². The summed E-state index contributed by atoms with van der Waals surface area (Å²) in [6.45, 7) is 2.85. The van der Waals surface area contributed by atoms with Crippen molar-refractivity contribution in [2.45, 2.75) is 19.5 Å². The van der Waals surface area contributed by atoms with Crippen molar-refractivity contribution in [3.63, 3.8) is 0 Å². The van der Waals surface area contributed by atoms with E-state index in [1.165, 1.54) is 5.56 Å². The normalized spacial score (nSPS) is 12.4. The minimum Gasteiger partial charge on any atom is -0.497 e. The molecule has 1 heterocycles. The Kier molecular flexibility index (Phi) is 4.66. The van der Waals surface area contributed by atoms with E-state index in [-0.39, 0.29) is 6.04 Å². The van der Waals surface area contributed by atoms with Crippen molar-refractivity contribution in [2.24, 2.45) is 0 Å². The Labute approximate surface area is 121 Å². The van der Waals surface area contributed by atoms with Crippen molar-refractivity contribution in [3.05, 3.63) is 51.5 Å². The van der Waals surface area contributed by atoms with Crippen molar-refractivity contribution in [3.8, 4) is 5.75 Å². The molecule has 96 valence electrons. The molecule has 0 fully saturated rings. The van der Waals surface area contributed by atoms with Crippen molar-refractivity contribution in [1.82, 2.24) is 5.32 Å². The molecule has 0 saturated carbocycles. The quantitative estimate of drug-likeness (QED) is 0.828. The second-order valence-electron chi connectivity index (χ2n) is 4.09. The van der Waals surface area contributed by atoms with Crippen LogP contribution in [0.15, 0.2) is 40.8 Å². The molecule has 0 aliphatic carbocycles. The van der Waals surface area contributed by atoms with E-state index in [1.54, 1.807) is 7.11 Å². The molecule has 0 spiro atoms. The van der Waals surface area contributed by atoms with Gasteiger partial charge in [-0.2, -0.15) is 0 Å². The summed E-state index contributed by atoms with van der Waals surface area (Å²) in [6.07, 6.45) is 0. The van der Waals surface area contributed by atoms with Crippen LogP contribution in [-0.4, -0.2) is 7.11 Å². The zero-order chi connectivity index (χ0) is 13.0. The molecule has 0 aliphatic rings. The number of nitrogens with one attached hydrogen (secondary N) is 1. The number of rotatable bonds is 5. The number of furan rings is 1. The third-order valence-corrected chi connectivity index (χ3v) is 3.38. The fourth-order valence-corrected chi connectivity index (χ4v) is 2.19. The van der Waals surface area contributed by atoms with Crippen LogP contribution >= 0.6 is 22.6 Å². The van der Waals surface area contributed by atoms with E-state index in [0.29, 0.717) is 0 Å². The summed E-state index contributed by atoms with van der Waals surface area (Å²) >= 11 is 2.17. The van der Waals surface area contributed by atoms with Gasteiger partial charge in [-0.25, -0.2) is 0 Å². The van der Waals surface area contributed by atoms with Gasteiger partial charge in [-0.15, -0.1) is 0 Å². The van der Waals surface area contributed by atoms with Gasteiger partial charge in [-0.1, -0.05) is 12.1 Å². The summed E-state index contributed by atoms with van der Waals surface area (Å²) in [5.74, 6) is 1.84. The molecule has 0 bridgehead atoms. The van der Waals surface area contributed by atoms with Gasteiger partial charge in [0.15, 0.2) is 3.77 Å². The Balaban J connectivity index is 1.96. The standard InChI is InChI=1S/C14H16INO2/c1-10(11-4-3-5-12(8-11)17-2)16-9-13-6-7-14(15)18-13/h3-8,10,16H,9H2,1-2H3/t10-/m1/s1. The highest BCUT2D eigenvalue weighted by molar-refractivity contribution is 14.1. The first kappa shape index (κ1) is 13.4. The predicted molar refractivity (Wildman–Crippen MR) is 79.7 cm³/mol. The summed E-state index contributed by atoms with van der Waals surface area (Å²) in [7, 11) is 1.68. The second-order valence-corrected chi connectivity index (χ2v) is 5.15. The van der Waals surface area contributed by atoms with Gasteiger partial charge in [-0.3, -0.25) is 0 Å². The monoisotopic (exact) mass is 357 g/mol. The molecular formula is C14H16INO2.